The molecule has 3 rings (SSSR count). The first-order valence-corrected chi connectivity index (χ1v) is 7.10. The summed E-state index contributed by atoms with van der Waals surface area (Å²) in [6.45, 7) is 5.81. The first-order valence-electron chi connectivity index (χ1n) is 7.10. The van der Waals surface area contributed by atoms with Gasteiger partial charge in [-0.3, -0.25) is 19.9 Å². The summed E-state index contributed by atoms with van der Waals surface area (Å²) in [6, 6.07) is 5.27. The van der Waals surface area contributed by atoms with E-state index in [0.29, 0.717) is 16.6 Å². The summed E-state index contributed by atoms with van der Waals surface area (Å²) in [4.78, 5) is 21.1. The normalized spacial score (nSPS) is 12.3. The lowest BCUT2D eigenvalue weighted by atomic mass is 10.1. The predicted octanol–water partition coefficient (Wildman–Crippen LogP) is 2.46. The van der Waals surface area contributed by atoms with Gasteiger partial charge < -0.3 is 5.32 Å². The number of hydrogen-bond donors (Lipinski definition) is 2. The van der Waals surface area contributed by atoms with E-state index in [2.05, 4.69) is 25.5 Å². The molecular formula is C16H17N5O. The van der Waals surface area contributed by atoms with Crippen LogP contribution in [0, 0.1) is 13.8 Å². The SMILES string of the molecule is Cc1n[nH]c(C)c1C(C)NC(=O)c1cccc2nccnc12. The molecule has 3 aromatic rings. The van der Waals surface area contributed by atoms with Gasteiger partial charge in [0, 0.05) is 23.7 Å². The third kappa shape index (κ3) is 2.43. The van der Waals surface area contributed by atoms with Crippen molar-refractivity contribution in [3.8, 4) is 0 Å². The van der Waals surface area contributed by atoms with Gasteiger partial charge in [-0.05, 0) is 32.9 Å². The van der Waals surface area contributed by atoms with E-state index in [1.807, 2.05) is 32.9 Å². The second-order valence-corrected chi connectivity index (χ2v) is 5.27. The lowest BCUT2D eigenvalue weighted by molar-refractivity contribution is 0.0941. The van der Waals surface area contributed by atoms with Crippen molar-refractivity contribution in [2.75, 3.05) is 0 Å². The van der Waals surface area contributed by atoms with Gasteiger partial charge in [-0.2, -0.15) is 5.10 Å². The minimum Gasteiger partial charge on any atom is -0.345 e. The zero-order chi connectivity index (χ0) is 15.7. The summed E-state index contributed by atoms with van der Waals surface area (Å²) in [7, 11) is 0. The molecule has 2 heterocycles. The van der Waals surface area contributed by atoms with Crippen molar-refractivity contribution in [1.82, 2.24) is 25.5 Å². The molecule has 0 fully saturated rings. The van der Waals surface area contributed by atoms with E-state index in [-0.39, 0.29) is 11.9 Å². The topological polar surface area (TPSA) is 83.6 Å². The van der Waals surface area contributed by atoms with E-state index in [9.17, 15) is 4.79 Å². The summed E-state index contributed by atoms with van der Waals surface area (Å²) in [6.07, 6.45) is 3.21. The summed E-state index contributed by atoms with van der Waals surface area (Å²) in [5, 5.41) is 10.1. The zero-order valence-electron chi connectivity index (χ0n) is 12.7. The van der Waals surface area contributed by atoms with Crippen LogP contribution >= 0.6 is 0 Å². The van der Waals surface area contributed by atoms with E-state index < -0.39 is 0 Å². The third-order valence-electron chi connectivity index (χ3n) is 3.71. The molecule has 6 heteroatoms. The van der Waals surface area contributed by atoms with Gasteiger partial charge in [0.05, 0.1) is 22.8 Å². The van der Waals surface area contributed by atoms with Gasteiger partial charge in [0.2, 0.25) is 0 Å². The number of aromatic nitrogens is 4. The first-order chi connectivity index (χ1) is 10.6. The van der Waals surface area contributed by atoms with Crippen LogP contribution in [0.25, 0.3) is 11.0 Å². The van der Waals surface area contributed by atoms with E-state index >= 15 is 0 Å². The summed E-state index contributed by atoms with van der Waals surface area (Å²) >= 11 is 0. The van der Waals surface area contributed by atoms with Crippen LogP contribution in [0.1, 0.15) is 40.3 Å². The molecule has 6 nitrogen and oxygen atoms in total. The number of carbonyl (C=O) groups is 1. The molecule has 112 valence electrons. The number of aromatic amines is 1. The fraction of sp³-hybridized carbons (Fsp3) is 0.250. The Balaban J connectivity index is 1.91. The number of hydrogen-bond acceptors (Lipinski definition) is 4. The second kappa shape index (κ2) is 5.55. The Hall–Kier alpha value is -2.76. The van der Waals surface area contributed by atoms with Gasteiger partial charge in [-0.25, -0.2) is 0 Å². The number of rotatable bonds is 3. The number of amides is 1. The maximum absolute atomic E-state index is 12.6. The second-order valence-electron chi connectivity index (χ2n) is 5.27. The van der Waals surface area contributed by atoms with Crippen molar-refractivity contribution in [3.63, 3.8) is 0 Å². The number of benzene rings is 1. The first kappa shape index (κ1) is 14.2. The predicted molar refractivity (Wildman–Crippen MR) is 83.5 cm³/mol. The smallest absolute Gasteiger partial charge is 0.254 e. The van der Waals surface area contributed by atoms with Crippen LogP contribution in [0.5, 0.6) is 0 Å². The molecule has 0 spiro atoms. The third-order valence-corrected chi connectivity index (χ3v) is 3.71. The van der Waals surface area contributed by atoms with E-state index in [1.165, 1.54) is 0 Å². The average molecular weight is 295 g/mol. The van der Waals surface area contributed by atoms with Crippen LogP contribution in [0.4, 0.5) is 0 Å². The summed E-state index contributed by atoms with van der Waals surface area (Å²) < 4.78 is 0. The highest BCUT2D eigenvalue weighted by Crippen LogP contribution is 2.20. The molecule has 0 radical (unpaired) electrons. The average Bonchev–Trinajstić information content (AvgIpc) is 2.85. The van der Waals surface area contributed by atoms with Gasteiger partial charge >= 0.3 is 0 Å². The Labute approximate surface area is 128 Å². The Bertz CT molecular complexity index is 815. The van der Waals surface area contributed by atoms with Crippen molar-refractivity contribution in [2.45, 2.75) is 26.8 Å². The Morgan fingerprint density at radius 1 is 1.23 bits per heavy atom. The van der Waals surface area contributed by atoms with Gasteiger partial charge in [-0.15, -0.1) is 0 Å². The van der Waals surface area contributed by atoms with Gasteiger partial charge in [0.25, 0.3) is 5.91 Å². The fourth-order valence-corrected chi connectivity index (χ4v) is 2.72. The van der Waals surface area contributed by atoms with Gasteiger partial charge in [0.1, 0.15) is 5.52 Å². The van der Waals surface area contributed by atoms with Crippen LogP contribution in [-0.4, -0.2) is 26.1 Å². The Kier molecular flexibility index (Phi) is 3.58. The maximum Gasteiger partial charge on any atom is 0.254 e. The quantitative estimate of drug-likeness (QED) is 0.777. The molecule has 22 heavy (non-hydrogen) atoms. The van der Waals surface area contributed by atoms with E-state index in [4.69, 9.17) is 0 Å². The Morgan fingerprint density at radius 3 is 2.73 bits per heavy atom. The highest BCUT2D eigenvalue weighted by Gasteiger charge is 2.18. The van der Waals surface area contributed by atoms with E-state index in [0.717, 1.165) is 17.0 Å². The molecule has 0 aliphatic heterocycles. The Morgan fingerprint density at radius 2 is 2.00 bits per heavy atom. The molecule has 0 saturated heterocycles. The number of aryl methyl sites for hydroxylation is 2. The number of nitrogens with one attached hydrogen (secondary N) is 2. The highest BCUT2D eigenvalue weighted by molar-refractivity contribution is 6.04. The van der Waals surface area contributed by atoms with Crippen LogP contribution in [0.15, 0.2) is 30.6 Å². The number of carbonyl (C=O) groups excluding carboxylic acids is 1. The number of H-pyrrole nitrogens is 1. The largest absolute Gasteiger partial charge is 0.345 e. The molecule has 2 aromatic heterocycles. The van der Waals surface area contributed by atoms with Crippen LogP contribution in [-0.2, 0) is 0 Å². The number of fused-ring (bicyclic) bond motifs is 1. The van der Waals surface area contributed by atoms with Crippen molar-refractivity contribution in [1.29, 1.82) is 0 Å². The molecule has 1 aromatic carbocycles. The maximum atomic E-state index is 12.6. The van der Waals surface area contributed by atoms with Gasteiger partial charge in [0.15, 0.2) is 0 Å². The molecule has 0 bridgehead atoms. The molecule has 1 atom stereocenters. The van der Waals surface area contributed by atoms with Crippen LogP contribution < -0.4 is 5.32 Å². The van der Waals surface area contributed by atoms with Crippen LogP contribution in [0.3, 0.4) is 0 Å². The van der Waals surface area contributed by atoms with Gasteiger partial charge in [-0.1, -0.05) is 6.07 Å². The molecule has 0 aliphatic carbocycles. The minimum absolute atomic E-state index is 0.141. The summed E-state index contributed by atoms with van der Waals surface area (Å²) in [5.74, 6) is -0.168. The van der Waals surface area contributed by atoms with Crippen LogP contribution in [0.2, 0.25) is 0 Å². The van der Waals surface area contributed by atoms with Crippen molar-refractivity contribution in [3.05, 3.63) is 53.1 Å². The minimum atomic E-state index is -0.168. The highest BCUT2D eigenvalue weighted by atomic mass is 16.1. The molecule has 0 aliphatic rings. The molecular weight excluding hydrogens is 278 g/mol. The monoisotopic (exact) mass is 295 g/mol. The lowest BCUT2D eigenvalue weighted by Gasteiger charge is -2.15. The van der Waals surface area contributed by atoms with Crippen molar-refractivity contribution >= 4 is 16.9 Å². The molecule has 2 N–H and O–H groups in total. The standard InChI is InChI=1S/C16H17N5O/c1-9(14-10(2)20-21-11(14)3)19-16(22)12-5-4-6-13-15(12)18-8-7-17-13/h4-9H,1-3H3,(H,19,22)(H,20,21). The van der Waals surface area contributed by atoms with E-state index in [1.54, 1.807) is 18.5 Å². The van der Waals surface area contributed by atoms with Crippen molar-refractivity contribution < 1.29 is 4.79 Å². The fourth-order valence-electron chi connectivity index (χ4n) is 2.72. The summed E-state index contributed by atoms with van der Waals surface area (Å²) in [5.41, 5.74) is 4.70. The number of nitrogens with zero attached hydrogens (tertiary/aromatic N) is 3. The molecule has 1 amide bonds. The zero-order valence-corrected chi connectivity index (χ0v) is 12.7. The lowest BCUT2D eigenvalue weighted by Crippen LogP contribution is -2.27. The van der Waals surface area contributed by atoms with Crippen molar-refractivity contribution in [2.24, 2.45) is 0 Å². The molecule has 1 unspecified atom stereocenters. The number of para-hydroxylation sites is 1. The molecule has 0 saturated carbocycles.